The Morgan fingerprint density at radius 1 is 0.973 bits per heavy atom. The van der Waals surface area contributed by atoms with Crippen molar-refractivity contribution in [3.63, 3.8) is 0 Å². The number of carbonyl (C=O) groups excluding carboxylic acids is 3. The second-order valence-electron chi connectivity index (χ2n) is 9.04. The zero-order valence-corrected chi connectivity index (χ0v) is 21.9. The van der Waals surface area contributed by atoms with Gasteiger partial charge in [0.15, 0.2) is 0 Å². The lowest BCUT2D eigenvalue weighted by Gasteiger charge is -2.35. The monoisotopic (exact) mass is 507 g/mol. The molecule has 1 aliphatic heterocycles. The highest BCUT2D eigenvalue weighted by Gasteiger charge is 2.29. The minimum atomic E-state index is -0.567. The van der Waals surface area contributed by atoms with Crippen LogP contribution in [0.25, 0.3) is 5.69 Å². The van der Waals surface area contributed by atoms with Crippen LogP contribution in [0.4, 0.5) is 10.5 Å². The molecule has 11 heteroatoms. The van der Waals surface area contributed by atoms with Crippen LogP contribution in [0.5, 0.6) is 0 Å². The summed E-state index contributed by atoms with van der Waals surface area (Å²) in [6.45, 7) is 11.0. The second-order valence-corrected chi connectivity index (χ2v) is 9.04. The fourth-order valence-corrected chi connectivity index (χ4v) is 4.48. The number of para-hydroxylation sites is 1. The molecule has 3 amide bonds. The standard InChI is InChI=1S/C26H33N7O4/c1-6-37-26(36)31-14-12-30(13-15-31)25(35)20(5)32-16-22(17(2)28-32)27-24(34)23-18(3)29-33(19(23)4)21-10-8-7-9-11-21/h7-11,16,20H,6,12-15H2,1-5H3,(H,27,34). The van der Waals surface area contributed by atoms with E-state index in [1.54, 1.807) is 53.1 Å². The number of hydrogen-bond donors (Lipinski definition) is 1. The van der Waals surface area contributed by atoms with Crippen LogP contribution in [0.2, 0.25) is 0 Å². The molecule has 1 aliphatic rings. The van der Waals surface area contributed by atoms with Crippen LogP contribution < -0.4 is 5.32 Å². The number of aromatic nitrogens is 4. The van der Waals surface area contributed by atoms with Gasteiger partial charge < -0.3 is 19.9 Å². The fraction of sp³-hybridized carbons (Fsp3) is 0.423. The zero-order chi connectivity index (χ0) is 26.7. The number of benzene rings is 1. The van der Waals surface area contributed by atoms with E-state index in [1.807, 2.05) is 37.3 Å². The van der Waals surface area contributed by atoms with Gasteiger partial charge in [0.05, 0.1) is 40.6 Å². The van der Waals surface area contributed by atoms with Gasteiger partial charge in [-0.15, -0.1) is 0 Å². The third kappa shape index (κ3) is 5.35. The maximum Gasteiger partial charge on any atom is 0.409 e. The average Bonchev–Trinajstić information content (AvgIpc) is 3.41. The molecule has 4 rings (SSSR count). The Morgan fingerprint density at radius 3 is 2.27 bits per heavy atom. The van der Waals surface area contributed by atoms with Gasteiger partial charge in [-0.3, -0.25) is 14.3 Å². The van der Waals surface area contributed by atoms with E-state index in [9.17, 15) is 14.4 Å². The first-order chi connectivity index (χ1) is 17.7. The van der Waals surface area contributed by atoms with Crippen LogP contribution in [0.3, 0.4) is 0 Å². The number of ether oxygens (including phenoxy) is 1. The molecule has 2 aromatic heterocycles. The molecule has 1 atom stereocenters. The zero-order valence-electron chi connectivity index (χ0n) is 21.9. The lowest BCUT2D eigenvalue weighted by atomic mass is 10.1. The Hall–Kier alpha value is -4.15. The second kappa shape index (κ2) is 10.9. The largest absolute Gasteiger partial charge is 0.450 e. The van der Waals surface area contributed by atoms with Crippen LogP contribution in [0.1, 0.15) is 47.3 Å². The molecule has 1 N–H and O–H groups in total. The quantitative estimate of drug-likeness (QED) is 0.548. The molecule has 1 unspecified atom stereocenters. The normalized spacial score (nSPS) is 14.4. The van der Waals surface area contributed by atoms with E-state index in [0.717, 1.165) is 11.4 Å². The molecule has 0 spiro atoms. The van der Waals surface area contributed by atoms with Gasteiger partial charge in [-0.2, -0.15) is 10.2 Å². The van der Waals surface area contributed by atoms with Crippen molar-refractivity contribution >= 4 is 23.6 Å². The van der Waals surface area contributed by atoms with Gasteiger partial charge in [-0.25, -0.2) is 9.48 Å². The number of carbonyl (C=O) groups is 3. The Kier molecular flexibility index (Phi) is 7.61. The summed E-state index contributed by atoms with van der Waals surface area (Å²) in [6.07, 6.45) is 1.32. The summed E-state index contributed by atoms with van der Waals surface area (Å²) in [4.78, 5) is 41.6. The summed E-state index contributed by atoms with van der Waals surface area (Å²) in [6, 6.07) is 9.08. The number of rotatable bonds is 6. The molecule has 11 nitrogen and oxygen atoms in total. The number of amides is 3. The smallest absolute Gasteiger partial charge is 0.409 e. The highest BCUT2D eigenvalue weighted by atomic mass is 16.6. The Morgan fingerprint density at radius 2 is 1.62 bits per heavy atom. The van der Waals surface area contributed by atoms with E-state index in [-0.39, 0.29) is 17.9 Å². The summed E-state index contributed by atoms with van der Waals surface area (Å²) in [5.41, 5.74) is 3.86. The van der Waals surface area contributed by atoms with Gasteiger partial charge in [0.2, 0.25) is 5.91 Å². The molecule has 1 aromatic carbocycles. The lowest BCUT2D eigenvalue weighted by Crippen LogP contribution is -2.52. The summed E-state index contributed by atoms with van der Waals surface area (Å²) >= 11 is 0. The van der Waals surface area contributed by atoms with E-state index in [0.29, 0.717) is 55.4 Å². The first-order valence-corrected chi connectivity index (χ1v) is 12.4. The van der Waals surface area contributed by atoms with Crippen molar-refractivity contribution in [3.05, 3.63) is 59.2 Å². The number of nitrogens with zero attached hydrogens (tertiary/aromatic N) is 6. The molecule has 0 aliphatic carbocycles. The van der Waals surface area contributed by atoms with Gasteiger partial charge in [-0.05, 0) is 46.8 Å². The highest BCUT2D eigenvalue weighted by Crippen LogP contribution is 2.22. The molecule has 1 fully saturated rings. The minimum Gasteiger partial charge on any atom is -0.450 e. The Bertz CT molecular complexity index is 1290. The van der Waals surface area contributed by atoms with Crippen LogP contribution in [0, 0.1) is 20.8 Å². The van der Waals surface area contributed by atoms with Crippen LogP contribution in [-0.2, 0) is 9.53 Å². The fourth-order valence-electron chi connectivity index (χ4n) is 4.48. The summed E-state index contributed by atoms with van der Waals surface area (Å²) in [5, 5.41) is 12.0. The Labute approximate surface area is 216 Å². The van der Waals surface area contributed by atoms with Gasteiger partial charge in [-0.1, -0.05) is 18.2 Å². The molecule has 3 aromatic rings. The van der Waals surface area contributed by atoms with E-state index < -0.39 is 6.04 Å². The molecular formula is C26H33N7O4. The van der Waals surface area contributed by atoms with Gasteiger partial charge in [0.25, 0.3) is 5.91 Å². The number of nitrogens with one attached hydrogen (secondary N) is 1. The third-order valence-electron chi connectivity index (χ3n) is 6.56. The highest BCUT2D eigenvalue weighted by molar-refractivity contribution is 6.06. The summed E-state index contributed by atoms with van der Waals surface area (Å²) < 4.78 is 8.36. The van der Waals surface area contributed by atoms with Crippen molar-refractivity contribution in [2.45, 2.75) is 40.7 Å². The first-order valence-electron chi connectivity index (χ1n) is 12.4. The number of aryl methyl sites for hydroxylation is 2. The van der Waals surface area contributed by atoms with Gasteiger partial charge >= 0.3 is 6.09 Å². The predicted molar refractivity (Wildman–Crippen MR) is 138 cm³/mol. The van der Waals surface area contributed by atoms with Gasteiger partial charge in [0, 0.05) is 32.4 Å². The van der Waals surface area contributed by atoms with E-state index in [2.05, 4.69) is 15.5 Å². The van der Waals surface area contributed by atoms with Crippen LogP contribution >= 0.6 is 0 Å². The Balaban J connectivity index is 1.44. The molecule has 196 valence electrons. The maximum absolute atomic E-state index is 13.2. The van der Waals surface area contributed by atoms with Gasteiger partial charge in [0.1, 0.15) is 6.04 Å². The maximum atomic E-state index is 13.2. The van der Waals surface area contributed by atoms with Crippen molar-refractivity contribution in [2.75, 3.05) is 38.1 Å². The lowest BCUT2D eigenvalue weighted by molar-refractivity contribution is -0.136. The van der Waals surface area contributed by atoms with Crippen molar-refractivity contribution in [2.24, 2.45) is 0 Å². The molecule has 37 heavy (non-hydrogen) atoms. The molecule has 0 saturated carbocycles. The van der Waals surface area contributed by atoms with E-state index in [4.69, 9.17) is 4.74 Å². The first kappa shape index (κ1) is 25.9. The molecule has 3 heterocycles. The molecule has 0 radical (unpaired) electrons. The van der Waals surface area contributed by atoms with Crippen LogP contribution in [-0.4, -0.2) is 80.1 Å². The van der Waals surface area contributed by atoms with Crippen molar-refractivity contribution in [1.82, 2.24) is 29.4 Å². The van der Waals surface area contributed by atoms with Crippen molar-refractivity contribution in [1.29, 1.82) is 0 Å². The van der Waals surface area contributed by atoms with E-state index in [1.165, 1.54) is 0 Å². The predicted octanol–water partition coefficient (Wildman–Crippen LogP) is 3.11. The molecule has 1 saturated heterocycles. The number of anilines is 1. The number of piperazine rings is 1. The average molecular weight is 508 g/mol. The number of hydrogen-bond acceptors (Lipinski definition) is 6. The SMILES string of the molecule is CCOC(=O)N1CCN(C(=O)C(C)n2cc(NC(=O)c3c(C)nn(-c4ccccc4)c3C)c(C)n2)CC1. The topological polar surface area (TPSA) is 115 Å². The summed E-state index contributed by atoms with van der Waals surface area (Å²) in [7, 11) is 0. The van der Waals surface area contributed by atoms with E-state index >= 15 is 0 Å². The van der Waals surface area contributed by atoms with Crippen molar-refractivity contribution in [3.8, 4) is 5.69 Å². The van der Waals surface area contributed by atoms with Crippen LogP contribution in [0.15, 0.2) is 36.5 Å². The third-order valence-corrected chi connectivity index (χ3v) is 6.56. The molecular weight excluding hydrogens is 474 g/mol. The van der Waals surface area contributed by atoms with Crippen molar-refractivity contribution < 1.29 is 19.1 Å². The summed E-state index contributed by atoms with van der Waals surface area (Å²) in [5.74, 6) is -0.381. The molecule has 0 bridgehead atoms. The minimum absolute atomic E-state index is 0.0975.